The minimum Gasteiger partial charge on any atom is -0.142 e. The van der Waals surface area contributed by atoms with E-state index in [4.69, 9.17) is 0 Å². The Morgan fingerprint density at radius 2 is 1.00 bits per heavy atom. The van der Waals surface area contributed by atoms with E-state index in [2.05, 4.69) is 224 Å². The number of hydrogen-bond donors (Lipinski definition) is 0. The van der Waals surface area contributed by atoms with Crippen LogP contribution in [0.15, 0.2) is 176 Å². The van der Waals surface area contributed by atoms with E-state index in [-0.39, 0.29) is 0 Å². The van der Waals surface area contributed by atoms with Crippen molar-refractivity contribution in [2.45, 2.75) is 26.7 Å². The van der Waals surface area contributed by atoms with Gasteiger partial charge in [0.1, 0.15) is 25.2 Å². The first-order chi connectivity index (χ1) is 27.0. The molecule has 0 aromatic heterocycles. The van der Waals surface area contributed by atoms with Crippen molar-refractivity contribution in [1.82, 2.24) is 0 Å². The van der Waals surface area contributed by atoms with Gasteiger partial charge in [0.25, 0.3) is 7.05 Å². The van der Waals surface area contributed by atoms with E-state index in [1.165, 1.54) is 72.3 Å². The maximum Gasteiger partial charge on any atom is 0.451 e. The lowest BCUT2D eigenvalue weighted by Crippen LogP contribution is -2.32. The standard InChI is InChI=1S/C52H48N3/c1-6-7-22-51(55(5)52(46-18-12-9-13-19-46)54(4)38(2)40-16-10-8-11-17-40)45-33-31-44(32-34-45)48-36-35-47(49-20-14-15-21-50(48)49)43-29-27-42(28-30-43)41-25-23-39(24-26-41)37-53-3/h8-36H,6-7H2,1-5H3/q+3/b51-22+,54-38?,55-52?. The van der Waals surface area contributed by atoms with Crippen LogP contribution in [0.1, 0.15) is 48.9 Å². The highest BCUT2D eigenvalue weighted by Gasteiger charge is 2.30. The lowest BCUT2D eigenvalue weighted by molar-refractivity contribution is -0.492. The van der Waals surface area contributed by atoms with E-state index in [0.717, 1.165) is 24.2 Å². The first kappa shape index (κ1) is 36.7. The number of amidine groups is 1. The molecule has 0 heterocycles. The van der Waals surface area contributed by atoms with Crippen molar-refractivity contribution in [3.05, 3.63) is 203 Å². The van der Waals surface area contributed by atoms with E-state index < -0.39 is 0 Å². The van der Waals surface area contributed by atoms with Crippen LogP contribution >= 0.6 is 0 Å². The number of rotatable bonds is 9. The molecule has 0 unspecified atom stereocenters. The average molecular weight is 715 g/mol. The van der Waals surface area contributed by atoms with Gasteiger partial charge in [0.15, 0.2) is 5.71 Å². The Balaban J connectivity index is 1.25. The third-order valence-electron chi connectivity index (χ3n) is 10.4. The number of fused-ring (bicyclic) bond motifs is 1. The van der Waals surface area contributed by atoms with Gasteiger partial charge in [-0.1, -0.05) is 140 Å². The van der Waals surface area contributed by atoms with Crippen molar-refractivity contribution in [1.29, 1.82) is 0 Å². The number of benzene rings is 7. The third kappa shape index (κ3) is 8.00. The molecule has 0 radical (unpaired) electrons. The summed E-state index contributed by atoms with van der Waals surface area (Å²) in [6.07, 6.45) is 4.44. The van der Waals surface area contributed by atoms with Crippen molar-refractivity contribution >= 4 is 28.0 Å². The van der Waals surface area contributed by atoms with Crippen LogP contribution in [0, 0.1) is 6.07 Å². The number of nitrogens with zero attached hydrogens (tertiary/aromatic N) is 3. The summed E-state index contributed by atoms with van der Waals surface area (Å²) in [6.45, 7) is 4.44. The van der Waals surface area contributed by atoms with Crippen molar-refractivity contribution < 1.29 is 9.15 Å². The van der Waals surface area contributed by atoms with Gasteiger partial charge in [-0.15, -0.1) is 9.15 Å². The van der Waals surface area contributed by atoms with Gasteiger partial charge in [0.2, 0.25) is 5.70 Å². The summed E-state index contributed by atoms with van der Waals surface area (Å²) in [6, 6.07) is 64.1. The highest BCUT2D eigenvalue weighted by molar-refractivity contribution is 6.05. The van der Waals surface area contributed by atoms with Crippen LogP contribution in [0.3, 0.4) is 0 Å². The molecule has 7 rings (SSSR count). The lowest BCUT2D eigenvalue weighted by atomic mass is 9.91. The summed E-state index contributed by atoms with van der Waals surface area (Å²) in [7, 11) is 6.11. The second kappa shape index (κ2) is 17.0. The van der Waals surface area contributed by atoms with Gasteiger partial charge < -0.3 is 0 Å². The topological polar surface area (TPSA) is 10.4 Å². The molecule has 0 aliphatic carbocycles. The van der Waals surface area contributed by atoms with Crippen LogP contribution in [-0.4, -0.2) is 41.8 Å². The molecule has 3 heteroatoms. The molecule has 0 saturated carbocycles. The summed E-state index contributed by atoms with van der Waals surface area (Å²) in [4.78, 5) is 4.01. The van der Waals surface area contributed by atoms with Crippen LogP contribution in [0.2, 0.25) is 0 Å². The van der Waals surface area contributed by atoms with Crippen molar-refractivity contribution in [3.63, 3.8) is 0 Å². The molecule has 0 bridgehead atoms. The van der Waals surface area contributed by atoms with Gasteiger partial charge in [-0.05, 0) is 105 Å². The van der Waals surface area contributed by atoms with Crippen LogP contribution < -0.4 is 0 Å². The van der Waals surface area contributed by atoms with Gasteiger partial charge >= 0.3 is 11.9 Å². The van der Waals surface area contributed by atoms with Gasteiger partial charge in [0.05, 0.1) is 0 Å². The molecular weight excluding hydrogens is 667 g/mol. The smallest absolute Gasteiger partial charge is 0.142 e. The van der Waals surface area contributed by atoms with E-state index in [9.17, 15) is 0 Å². The van der Waals surface area contributed by atoms with Crippen LogP contribution in [-0.2, 0) is 0 Å². The van der Waals surface area contributed by atoms with Gasteiger partial charge in [0, 0.05) is 18.1 Å². The van der Waals surface area contributed by atoms with Gasteiger partial charge in [-0.25, -0.2) is 0 Å². The monoisotopic (exact) mass is 714 g/mol. The van der Waals surface area contributed by atoms with E-state index in [1.807, 2.05) is 0 Å². The molecule has 0 N–H and O–H groups in total. The van der Waals surface area contributed by atoms with Crippen molar-refractivity contribution in [3.8, 4) is 39.4 Å². The summed E-state index contributed by atoms with van der Waals surface area (Å²) >= 11 is 0. The zero-order valence-corrected chi connectivity index (χ0v) is 32.5. The fourth-order valence-electron chi connectivity index (χ4n) is 7.41. The largest absolute Gasteiger partial charge is 0.451 e. The Morgan fingerprint density at radius 3 is 1.53 bits per heavy atom. The van der Waals surface area contributed by atoms with Crippen LogP contribution in [0.5, 0.6) is 0 Å². The lowest BCUT2D eigenvalue weighted by Gasteiger charge is -2.13. The predicted molar refractivity (Wildman–Crippen MR) is 235 cm³/mol. The molecule has 0 saturated heterocycles. The molecule has 3 nitrogen and oxygen atoms in total. The van der Waals surface area contributed by atoms with E-state index in [1.54, 1.807) is 7.05 Å². The summed E-state index contributed by atoms with van der Waals surface area (Å²) in [5.41, 5.74) is 14.1. The number of hydrogen-bond acceptors (Lipinski definition) is 0. The van der Waals surface area contributed by atoms with Crippen LogP contribution in [0.25, 0.3) is 54.7 Å². The Labute approximate surface area is 326 Å². The minimum atomic E-state index is 0.983. The zero-order valence-electron chi connectivity index (χ0n) is 32.5. The van der Waals surface area contributed by atoms with Gasteiger partial charge in [-0.3, -0.25) is 0 Å². The second-order valence-electron chi connectivity index (χ2n) is 13.9. The Hall–Kier alpha value is -6.63. The maximum absolute atomic E-state index is 4.01. The molecule has 0 fully saturated rings. The molecule has 0 aliphatic heterocycles. The SMILES string of the molecule is CCC/C=C(\c1ccc(-c2ccc(-c3ccc(-c4ccc(C#[N+]C)cc4)cc3)c3ccccc23)cc1)[N+](C)=C(c1ccccc1)[N+](C)=C(C)c1ccccc1. The number of allylic oxidation sites excluding steroid dienone is 1. The van der Waals surface area contributed by atoms with Crippen molar-refractivity contribution in [2.75, 3.05) is 21.1 Å². The predicted octanol–water partition coefficient (Wildman–Crippen LogP) is 12.5. The molecule has 268 valence electrons. The van der Waals surface area contributed by atoms with Gasteiger partial charge in [-0.2, -0.15) is 0 Å². The molecule has 55 heavy (non-hydrogen) atoms. The molecule has 0 aliphatic rings. The highest BCUT2D eigenvalue weighted by Crippen LogP contribution is 2.37. The highest BCUT2D eigenvalue weighted by atomic mass is 15.2. The number of unbranched alkanes of at least 4 members (excludes halogenated alkanes) is 1. The zero-order chi connectivity index (χ0) is 38.1. The average Bonchev–Trinajstić information content (AvgIpc) is 3.24. The molecule has 0 spiro atoms. The fourth-order valence-corrected chi connectivity index (χ4v) is 7.41. The first-order valence-corrected chi connectivity index (χ1v) is 19.1. The van der Waals surface area contributed by atoms with E-state index >= 15 is 0 Å². The summed E-state index contributed by atoms with van der Waals surface area (Å²) in [5.74, 6) is 1.13. The van der Waals surface area contributed by atoms with Crippen molar-refractivity contribution in [2.24, 2.45) is 0 Å². The molecule has 7 aromatic carbocycles. The fraction of sp³-hybridized carbons (Fsp3) is 0.135. The molecule has 7 aromatic rings. The molecule has 0 atom stereocenters. The first-order valence-electron chi connectivity index (χ1n) is 19.1. The Morgan fingerprint density at radius 1 is 0.527 bits per heavy atom. The van der Waals surface area contributed by atoms with E-state index in [0.29, 0.717) is 0 Å². The minimum absolute atomic E-state index is 0.983. The molecular formula is C52H48N3+3. The van der Waals surface area contributed by atoms with Crippen LogP contribution in [0.4, 0.5) is 0 Å². The summed E-state index contributed by atoms with van der Waals surface area (Å²) in [5, 5.41) is 2.49. The quantitative estimate of drug-likeness (QED) is 0.0801. The third-order valence-corrected chi connectivity index (χ3v) is 10.4. The second-order valence-corrected chi connectivity index (χ2v) is 13.9. The normalized spacial score (nSPS) is 12.4. The summed E-state index contributed by atoms with van der Waals surface area (Å²) < 4.78 is 4.68. The molecule has 0 amide bonds. The Kier molecular flexibility index (Phi) is 11.4. The maximum atomic E-state index is 4.01. The Bertz CT molecular complexity index is 2580.